The minimum absolute atomic E-state index is 0.869. The number of hydrogen-bond acceptors (Lipinski definition) is 2. The Hall–Kier alpha value is -7.42. The summed E-state index contributed by atoms with van der Waals surface area (Å²) in [5, 5.41) is 3.50. The van der Waals surface area contributed by atoms with Crippen molar-refractivity contribution in [2.24, 2.45) is 0 Å². The number of benzene rings is 9. The van der Waals surface area contributed by atoms with Crippen molar-refractivity contribution in [1.82, 2.24) is 0 Å². The molecule has 0 saturated heterocycles. The zero-order valence-electron chi connectivity index (χ0n) is 30.7. The average molecular weight is 716 g/mol. The molecule has 1 heterocycles. The Morgan fingerprint density at radius 1 is 0.304 bits per heavy atom. The summed E-state index contributed by atoms with van der Waals surface area (Å²) in [6, 6.07) is 80.1. The van der Waals surface area contributed by atoms with Crippen LogP contribution in [0.15, 0.2) is 229 Å². The van der Waals surface area contributed by atoms with Crippen molar-refractivity contribution < 1.29 is 4.42 Å². The van der Waals surface area contributed by atoms with Crippen molar-refractivity contribution in [2.45, 2.75) is 0 Å². The number of hydrogen-bond donors (Lipinski definition) is 0. The van der Waals surface area contributed by atoms with Crippen molar-refractivity contribution in [3.63, 3.8) is 0 Å². The van der Waals surface area contributed by atoms with Crippen LogP contribution < -0.4 is 4.90 Å². The van der Waals surface area contributed by atoms with Crippen molar-refractivity contribution in [1.29, 1.82) is 0 Å². The lowest BCUT2D eigenvalue weighted by molar-refractivity contribution is 0.632. The van der Waals surface area contributed by atoms with E-state index in [0.29, 0.717) is 0 Å². The largest absolute Gasteiger partial charge is 0.456 e. The maximum atomic E-state index is 6.33. The highest BCUT2D eigenvalue weighted by Crippen LogP contribution is 2.42. The molecule has 0 atom stereocenters. The van der Waals surface area contributed by atoms with Gasteiger partial charge in [0, 0.05) is 27.7 Å². The predicted molar refractivity (Wildman–Crippen MR) is 236 cm³/mol. The summed E-state index contributed by atoms with van der Waals surface area (Å²) in [4.78, 5) is 2.37. The van der Waals surface area contributed by atoms with Crippen LogP contribution in [-0.4, -0.2) is 0 Å². The molecule has 9 aromatic carbocycles. The Morgan fingerprint density at radius 2 is 0.786 bits per heavy atom. The van der Waals surface area contributed by atoms with E-state index in [0.717, 1.165) is 50.5 Å². The Morgan fingerprint density at radius 3 is 1.41 bits per heavy atom. The van der Waals surface area contributed by atoms with E-state index < -0.39 is 0 Å². The van der Waals surface area contributed by atoms with Gasteiger partial charge in [-0.05, 0) is 111 Å². The van der Waals surface area contributed by atoms with Crippen LogP contribution in [-0.2, 0) is 0 Å². The highest BCUT2D eigenvalue weighted by atomic mass is 16.3. The Balaban J connectivity index is 1.06. The van der Waals surface area contributed by atoms with E-state index >= 15 is 0 Å². The lowest BCUT2D eigenvalue weighted by Crippen LogP contribution is -2.10. The second-order valence-corrected chi connectivity index (χ2v) is 14.2. The van der Waals surface area contributed by atoms with Gasteiger partial charge in [-0.2, -0.15) is 0 Å². The standard InChI is InChI=1S/C54H37NO/c1-3-14-38(15-4-1)44-34-45(39-16-5-2-6-17-39)36-46(35-44)40-26-30-47(31-27-40)55(52-24-13-20-41-18-7-9-22-50(41)52)48-32-28-42(29-33-48)49-21-10-11-23-51(49)54-37-43-19-8-12-25-53(43)56-54/h1-37H. The summed E-state index contributed by atoms with van der Waals surface area (Å²) < 4.78 is 6.33. The molecule has 56 heavy (non-hydrogen) atoms. The van der Waals surface area contributed by atoms with Gasteiger partial charge in [0.05, 0.1) is 5.69 Å². The van der Waals surface area contributed by atoms with Gasteiger partial charge in [0.25, 0.3) is 0 Å². The average Bonchev–Trinajstić information content (AvgIpc) is 3.72. The first-order valence-electron chi connectivity index (χ1n) is 19.1. The van der Waals surface area contributed by atoms with Crippen molar-refractivity contribution in [2.75, 3.05) is 4.90 Å². The quantitative estimate of drug-likeness (QED) is 0.156. The molecule has 0 spiro atoms. The smallest absolute Gasteiger partial charge is 0.136 e. The zero-order valence-corrected chi connectivity index (χ0v) is 30.7. The van der Waals surface area contributed by atoms with Crippen LogP contribution in [0.1, 0.15) is 0 Å². The minimum atomic E-state index is 0.869. The molecule has 10 aromatic rings. The Bertz CT molecular complexity index is 2850. The Labute approximate surface area is 327 Å². The van der Waals surface area contributed by atoms with E-state index in [1.807, 2.05) is 18.2 Å². The van der Waals surface area contributed by atoms with Crippen molar-refractivity contribution in [3.05, 3.63) is 224 Å². The molecular weight excluding hydrogens is 679 g/mol. The van der Waals surface area contributed by atoms with Crippen LogP contribution in [0.5, 0.6) is 0 Å². The van der Waals surface area contributed by atoms with E-state index in [9.17, 15) is 0 Å². The number of para-hydroxylation sites is 1. The molecule has 10 rings (SSSR count). The molecule has 0 amide bonds. The summed E-state index contributed by atoms with van der Waals surface area (Å²) >= 11 is 0. The maximum absolute atomic E-state index is 6.33. The molecule has 0 N–H and O–H groups in total. The second kappa shape index (κ2) is 14.4. The van der Waals surface area contributed by atoms with Gasteiger partial charge in [-0.3, -0.25) is 0 Å². The Kier molecular flexibility index (Phi) is 8.55. The summed E-state index contributed by atoms with van der Waals surface area (Å²) in [6.45, 7) is 0. The van der Waals surface area contributed by atoms with Crippen LogP contribution in [0.2, 0.25) is 0 Å². The molecule has 2 heteroatoms. The number of rotatable bonds is 8. The lowest BCUT2D eigenvalue weighted by Gasteiger charge is -2.27. The summed E-state index contributed by atoms with van der Waals surface area (Å²) in [5.41, 5.74) is 14.7. The highest BCUT2D eigenvalue weighted by Gasteiger charge is 2.18. The summed E-state index contributed by atoms with van der Waals surface area (Å²) in [5.74, 6) is 0.869. The van der Waals surface area contributed by atoms with Crippen molar-refractivity contribution >= 4 is 38.8 Å². The number of nitrogens with zero attached hydrogens (tertiary/aromatic N) is 1. The molecule has 0 saturated carbocycles. The molecule has 0 unspecified atom stereocenters. The van der Waals surface area contributed by atoms with E-state index in [1.165, 1.54) is 44.2 Å². The topological polar surface area (TPSA) is 16.4 Å². The second-order valence-electron chi connectivity index (χ2n) is 14.2. The third-order valence-electron chi connectivity index (χ3n) is 10.7. The fourth-order valence-corrected chi connectivity index (χ4v) is 7.88. The zero-order chi connectivity index (χ0) is 37.3. The molecule has 0 aliphatic carbocycles. The van der Waals surface area contributed by atoms with Gasteiger partial charge in [0.15, 0.2) is 0 Å². The lowest BCUT2D eigenvalue weighted by atomic mass is 9.93. The molecule has 0 radical (unpaired) electrons. The van der Waals surface area contributed by atoms with Gasteiger partial charge in [0.1, 0.15) is 11.3 Å². The van der Waals surface area contributed by atoms with E-state index in [2.05, 4.69) is 211 Å². The number of furan rings is 1. The minimum Gasteiger partial charge on any atom is -0.456 e. The van der Waals surface area contributed by atoms with Gasteiger partial charge in [-0.25, -0.2) is 0 Å². The van der Waals surface area contributed by atoms with E-state index in [1.54, 1.807) is 0 Å². The molecule has 0 aliphatic heterocycles. The van der Waals surface area contributed by atoms with Crippen LogP contribution >= 0.6 is 0 Å². The van der Waals surface area contributed by atoms with Gasteiger partial charge < -0.3 is 9.32 Å². The monoisotopic (exact) mass is 715 g/mol. The van der Waals surface area contributed by atoms with E-state index in [4.69, 9.17) is 4.42 Å². The molecule has 1 aromatic heterocycles. The third kappa shape index (κ3) is 6.34. The van der Waals surface area contributed by atoms with E-state index in [-0.39, 0.29) is 0 Å². The maximum Gasteiger partial charge on any atom is 0.136 e. The molecule has 264 valence electrons. The SMILES string of the molecule is c1ccc(-c2cc(-c3ccccc3)cc(-c3ccc(N(c4ccc(-c5ccccc5-c5cc6ccccc6o5)cc4)c4cccc5ccccc45)cc3)c2)cc1. The van der Waals surface area contributed by atoms with Crippen LogP contribution in [0.25, 0.3) is 77.6 Å². The van der Waals surface area contributed by atoms with Crippen molar-refractivity contribution in [3.8, 4) is 55.8 Å². The number of fused-ring (bicyclic) bond motifs is 2. The number of anilines is 3. The van der Waals surface area contributed by atoms with Gasteiger partial charge in [-0.15, -0.1) is 0 Å². The summed E-state index contributed by atoms with van der Waals surface area (Å²) in [7, 11) is 0. The summed E-state index contributed by atoms with van der Waals surface area (Å²) in [6.07, 6.45) is 0. The molecule has 0 bridgehead atoms. The molecule has 0 fully saturated rings. The first kappa shape index (κ1) is 33.2. The molecular formula is C54H37NO. The van der Waals surface area contributed by atoms with Crippen LogP contribution in [0.3, 0.4) is 0 Å². The third-order valence-corrected chi connectivity index (χ3v) is 10.7. The van der Waals surface area contributed by atoms with Crippen LogP contribution in [0.4, 0.5) is 17.1 Å². The first-order valence-corrected chi connectivity index (χ1v) is 19.1. The fraction of sp³-hybridized carbons (Fsp3) is 0. The van der Waals surface area contributed by atoms with Crippen LogP contribution in [0, 0.1) is 0 Å². The predicted octanol–water partition coefficient (Wildman–Crippen LogP) is 15.4. The van der Waals surface area contributed by atoms with Gasteiger partial charge in [0.2, 0.25) is 0 Å². The van der Waals surface area contributed by atoms with Gasteiger partial charge >= 0.3 is 0 Å². The molecule has 0 aliphatic rings. The first-order chi connectivity index (χ1) is 27.7. The van der Waals surface area contributed by atoms with Gasteiger partial charge in [-0.1, -0.05) is 164 Å². The fourth-order valence-electron chi connectivity index (χ4n) is 7.88. The highest BCUT2D eigenvalue weighted by molar-refractivity contribution is 5.99. The normalized spacial score (nSPS) is 11.2. The molecule has 2 nitrogen and oxygen atoms in total.